The second kappa shape index (κ2) is 9.65. The maximum atomic E-state index is 12.3. The van der Waals surface area contributed by atoms with Crippen LogP contribution >= 0.6 is 0 Å². The number of rotatable bonds is 6. The van der Waals surface area contributed by atoms with E-state index >= 15 is 0 Å². The van der Waals surface area contributed by atoms with E-state index in [9.17, 15) is 18.0 Å². The molecule has 1 aliphatic heterocycles. The van der Waals surface area contributed by atoms with Gasteiger partial charge in [-0.05, 0) is 30.5 Å². The summed E-state index contributed by atoms with van der Waals surface area (Å²) in [5, 5.41) is 5.58. The molecule has 0 atom stereocenters. The molecular weight excluding hydrogens is 383 g/mol. The lowest BCUT2D eigenvalue weighted by molar-refractivity contribution is -0.153. The highest BCUT2D eigenvalue weighted by atomic mass is 19.4. The number of nitrogens with one attached hydrogen (secondary N) is 2. The lowest BCUT2D eigenvalue weighted by Crippen LogP contribution is -2.45. The second-order valence-corrected chi connectivity index (χ2v) is 7.07. The topological polar surface area (TPSA) is 53.6 Å². The summed E-state index contributed by atoms with van der Waals surface area (Å²) in [5.41, 5.74) is 1.65. The number of halogens is 3. The van der Waals surface area contributed by atoms with E-state index in [4.69, 9.17) is 4.74 Å². The number of hydrogen-bond donors (Lipinski definition) is 2. The van der Waals surface area contributed by atoms with Crippen LogP contribution in [-0.4, -0.2) is 42.8 Å². The Morgan fingerprint density at radius 3 is 2.48 bits per heavy atom. The quantitative estimate of drug-likeness (QED) is 0.746. The number of urea groups is 1. The van der Waals surface area contributed by atoms with Gasteiger partial charge in [0.2, 0.25) is 0 Å². The molecule has 0 radical (unpaired) electrons. The molecule has 2 N–H and O–H groups in total. The predicted octanol–water partition coefficient (Wildman–Crippen LogP) is 4.41. The molecule has 2 amide bonds. The van der Waals surface area contributed by atoms with Crippen molar-refractivity contribution in [1.29, 1.82) is 0 Å². The third-order valence-electron chi connectivity index (χ3n) is 4.67. The van der Waals surface area contributed by atoms with Gasteiger partial charge < -0.3 is 15.4 Å². The first kappa shape index (κ1) is 21.0. The number of carbonyl (C=O) groups is 1. The third-order valence-corrected chi connectivity index (χ3v) is 4.67. The molecule has 0 spiro atoms. The van der Waals surface area contributed by atoms with Gasteiger partial charge in [-0.1, -0.05) is 36.4 Å². The Labute approximate surface area is 167 Å². The minimum atomic E-state index is -4.41. The van der Waals surface area contributed by atoms with E-state index in [2.05, 4.69) is 27.7 Å². The van der Waals surface area contributed by atoms with Gasteiger partial charge in [-0.2, -0.15) is 13.2 Å². The Hall–Kier alpha value is -2.74. The van der Waals surface area contributed by atoms with Crippen LogP contribution in [0.5, 0.6) is 5.75 Å². The largest absolute Gasteiger partial charge is 0.484 e. The Bertz CT molecular complexity index is 791. The summed E-state index contributed by atoms with van der Waals surface area (Å²) in [7, 11) is 0. The standard InChI is InChI=1S/C21H24F3N3O2/c22-21(23,24)15-29-19-8-4-7-18(13-19)26-20(28)25-17-9-11-27(12-10-17)14-16-5-2-1-3-6-16/h1-8,13,17H,9-12,14-15H2,(H2,25,26,28). The minimum absolute atomic E-state index is 0.0503. The first-order valence-corrected chi connectivity index (χ1v) is 9.51. The molecule has 3 rings (SSSR count). The van der Waals surface area contributed by atoms with Crippen molar-refractivity contribution in [3.05, 3.63) is 60.2 Å². The highest BCUT2D eigenvalue weighted by molar-refractivity contribution is 5.89. The molecule has 2 aromatic carbocycles. The van der Waals surface area contributed by atoms with Crippen molar-refractivity contribution in [3.63, 3.8) is 0 Å². The number of alkyl halides is 3. The zero-order chi connectivity index (χ0) is 20.7. The van der Waals surface area contributed by atoms with Gasteiger partial charge in [0.05, 0.1) is 0 Å². The van der Waals surface area contributed by atoms with E-state index in [1.54, 1.807) is 6.07 Å². The molecule has 8 heteroatoms. The van der Waals surface area contributed by atoms with Gasteiger partial charge in [-0.15, -0.1) is 0 Å². The second-order valence-electron chi connectivity index (χ2n) is 7.07. The van der Waals surface area contributed by atoms with Crippen molar-refractivity contribution in [2.75, 3.05) is 25.0 Å². The van der Waals surface area contributed by atoms with E-state index in [0.717, 1.165) is 32.5 Å². The van der Waals surface area contributed by atoms with Gasteiger partial charge in [0.15, 0.2) is 6.61 Å². The van der Waals surface area contributed by atoms with Crippen LogP contribution in [0.1, 0.15) is 18.4 Å². The van der Waals surface area contributed by atoms with Crippen molar-refractivity contribution < 1.29 is 22.7 Å². The molecule has 1 fully saturated rings. The van der Waals surface area contributed by atoms with Crippen LogP contribution in [0.15, 0.2) is 54.6 Å². The van der Waals surface area contributed by atoms with E-state index in [-0.39, 0.29) is 17.8 Å². The van der Waals surface area contributed by atoms with E-state index < -0.39 is 12.8 Å². The van der Waals surface area contributed by atoms with Gasteiger partial charge in [0.25, 0.3) is 0 Å². The molecule has 156 valence electrons. The summed E-state index contributed by atoms with van der Waals surface area (Å²) >= 11 is 0. The molecule has 0 unspecified atom stereocenters. The Morgan fingerprint density at radius 1 is 1.07 bits per heavy atom. The number of ether oxygens (including phenoxy) is 1. The summed E-state index contributed by atoms with van der Waals surface area (Å²) in [6.07, 6.45) is -2.72. The SMILES string of the molecule is O=C(Nc1cccc(OCC(F)(F)F)c1)NC1CCN(Cc2ccccc2)CC1. The first-order chi connectivity index (χ1) is 13.9. The van der Waals surface area contributed by atoms with Crippen LogP contribution in [0.25, 0.3) is 0 Å². The number of amides is 2. The molecule has 0 bridgehead atoms. The summed E-state index contributed by atoms with van der Waals surface area (Å²) in [6.45, 7) is 1.30. The molecule has 1 heterocycles. The Balaban J connectivity index is 1.42. The number of nitrogens with zero attached hydrogens (tertiary/aromatic N) is 1. The molecule has 1 aliphatic rings. The maximum Gasteiger partial charge on any atom is 0.422 e. The zero-order valence-electron chi connectivity index (χ0n) is 15.9. The van der Waals surface area contributed by atoms with Crippen molar-refractivity contribution in [2.24, 2.45) is 0 Å². The number of carbonyl (C=O) groups excluding carboxylic acids is 1. The van der Waals surface area contributed by atoms with E-state index in [1.165, 1.54) is 23.8 Å². The minimum Gasteiger partial charge on any atom is -0.484 e. The normalized spacial score (nSPS) is 15.7. The highest BCUT2D eigenvalue weighted by Gasteiger charge is 2.28. The average Bonchev–Trinajstić information content (AvgIpc) is 2.68. The van der Waals surface area contributed by atoms with Crippen molar-refractivity contribution in [2.45, 2.75) is 31.6 Å². The third kappa shape index (κ3) is 7.30. The van der Waals surface area contributed by atoms with E-state index in [0.29, 0.717) is 5.69 Å². The smallest absolute Gasteiger partial charge is 0.422 e. The number of benzene rings is 2. The van der Waals surface area contributed by atoms with Crippen LogP contribution < -0.4 is 15.4 Å². The Kier molecular flexibility index (Phi) is 6.98. The van der Waals surface area contributed by atoms with Crippen molar-refractivity contribution >= 4 is 11.7 Å². The van der Waals surface area contributed by atoms with Gasteiger partial charge in [0.1, 0.15) is 5.75 Å². The van der Waals surface area contributed by atoms with Gasteiger partial charge >= 0.3 is 12.2 Å². The van der Waals surface area contributed by atoms with Crippen LogP contribution in [0, 0.1) is 0 Å². The van der Waals surface area contributed by atoms with Gasteiger partial charge in [-0.3, -0.25) is 4.90 Å². The molecule has 2 aromatic rings. The number of likely N-dealkylation sites (tertiary alicyclic amines) is 1. The number of piperidine rings is 1. The van der Waals surface area contributed by atoms with Crippen molar-refractivity contribution in [1.82, 2.24) is 10.2 Å². The predicted molar refractivity (Wildman–Crippen MR) is 105 cm³/mol. The van der Waals surface area contributed by atoms with Crippen LogP contribution in [0.2, 0.25) is 0 Å². The highest BCUT2D eigenvalue weighted by Crippen LogP contribution is 2.21. The summed E-state index contributed by atoms with van der Waals surface area (Å²) < 4.78 is 41.5. The fourth-order valence-corrected chi connectivity index (χ4v) is 3.26. The average molecular weight is 407 g/mol. The lowest BCUT2D eigenvalue weighted by atomic mass is 10.0. The van der Waals surface area contributed by atoms with Gasteiger partial charge in [0, 0.05) is 37.4 Å². The first-order valence-electron chi connectivity index (χ1n) is 9.51. The van der Waals surface area contributed by atoms with E-state index in [1.807, 2.05) is 18.2 Å². The lowest BCUT2D eigenvalue weighted by Gasteiger charge is -2.32. The molecule has 0 saturated carbocycles. The monoisotopic (exact) mass is 407 g/mol. The number of anilines is 1. The van der Waals surface area contributed by atoms with Crippen LogP contribution in [0.4, 0.5) is 23.7 Å². The number of hydrogen-bond acceptors (Lipinski definition) is 3. The van der Waals surface area contributed by atoms with Crippen LogP contribution in [0.3, 0.4) is 0 Å². The molecule has 1 saturated heterocycles. The maximum absolute atomic E-state index is 12.3. The molecule has 29 heavy (non-hydrogen) atoms. The summed E-state index contributed by atoms with van der Waals surface area (Å²) in [5.74, 6) is 0.0503. The van der Waals surface area contributed by atoms with Gasteiger partial charge in [-0.25, -0.2) is 4.79 Å². The molecular formula is C21H24F3N3O2. The fourth-order valence-electron chi connectivity index (χ4n) is 3.26. The molecule has 0 aromatic heterocycles. The zero-order valence-corrected chi connectivity index (χ0v) is 15.9. The molecule has 5 nitrogen and oxygen atoms in total. The summed E-state index contributed by atoms with van der Waals surface area (Å²) in [6, 6.07) is 15.8. The van der Waals surface area contributed by atoms with Crippen LogP contribution in [-0.2, 0) is 6.54 Å². The molecule has 0 aliphatic carbocycles. The van der Waals surface area contributed by atoms with Crippen molar-refractivity contribution in [3.8, 4) is 5.75 Å². The summed E-state index contributed by atoms with van der Waals surface area (Å²) in [4.78, 5) is 14.6. The Morgan fingerprint density at radius 2 is 1.79 bits per heavy atom. The fraction of sp³-hybridized carbons (Fsp3) is 0.381.